The number of carbonyl (C=O) groups excluding carboxylic acids is 1. The van der Waals surface area contributed by atoms with E-state index < -0.39 is 0 Å². The molecule has 1 aliphatic heterocycles. The van der Waals surface area contributed by atoms with Gasteiger partial charge in [-0.1, -0.05) is 41.4 Å². The van der Waals surface area contributed by atoms with Crippen LogP contribution in [0.15, 0.2) is 60.1 Å². The number of ether oxygens (including phenoxy) is 1. The molecule has 0 fully saturated rings. The van der Waals surface area contributed by atoms with Crippen molar-refractivity contribution in [3.63, 3.8) is 0 Å². The summed E-state index contributed by atoms with van der Waals surface area (Å²) in [5.41, 5.74) is 3.20. The van der Waals surface area contributed by atoms with Crippen molar-refractivity contribution in [2.45, 2.75) is 26.5 Å². The Balaban J connectivity index is 1.58. The maximum atomic E-state index is 12.3. The molecular formula is C21H18Cl2N4O2. The van der Waals surface area contributed by atoms with Gasteiger partial charge in [0.25, 0.3) is 0 Å². The molecule has 1 N–H and O–H groups in total. The van der Waals surface area contributed by atoms with Gasteiger partial charge in [0.2, 0.25) is 5.95 Å². The number of Topliss-reactive ketones (excluding diaryl/α,β-unsaturated/α-hetero) is 1. The number of fused-ring (bicyclic) bond motifs is 1. The van der Waals surface area contributed by atoms with E-state index in [4.69, 9.17) is 27.9 Å². The zero-order valence-corrected chi connectivity index (χ0v) is 17.3. The Bertz CT molecular complexity index is 1110. The molecule has 0 amide bonds. The largest absolute Gasteiger partial charge is 0.489 e. The van der Waals surface area contributed by atoms with Gasteiger partial charge in [-0.15, -0.1) is 0 Å². The highest BCUT2D eigenvalue weighted by Gasteiger charge is 2.31. The number of benzene rings is 2. The number of nitrogens with zero attached hydrogens (tertiary/aromatic N) is 3. The number of hydrogen-bond acceptors (Lipinski definition) is 5. The molecule has 0 saturated heterocycles. The lowest BCUT2D eigenvalue weighted by Crippen LogP contribution is -2.27. The van der Waals surface area contributed by atoms with Crippen LogP contribution in [0.1, 0.15) is 31.0 Å². The number of hydrogen-bond donors (Lipinski definition) is 1. The van der Waals surface area contributed by atoms with Crippen LogP contribution in [-0.2, 0) is 11.4 Å². The fourth-order valence-electron chi connectivity index (χ4n) is 3.40. The Morgan fingerprint density at radius 2 is 1.97 bits per heavy atom. The van der Waals surface area contributed by atoms with Gasteiger partial charge in [0.1, 0.15) is 24.7 Å². The van der Waals surface area contributed by atoms with Gasteiger partial charge in [-0.2, -0.15) is 10.1 Å². The summed E-state index contributed by atoms with van der Waals surface area (Å²) >= 11 is 12.1. The van der Waals surface area contributed by atoms with E-state index in [0.29, 0.717) is 33.9 Å². The van der Waals surface area contributed by atoms with Gasteiger partial charge in [0, 0.05) is 26.9 Å². The summed E-state index contributed by atoms with van der Waals surface area (Å²) in [5.74, 6) is 1.28. The van der Waals surface area contributed by atoms with Crippen molar-refractivity contribution in [1.82, 2.24) is 14.8 Å². The number of rotatable bonds is 5. The lowest BCUT2D eigenvalue weighted by atomic mass is 9.93. The van der Waals surface area contributed by atoms with E-state index in [2.05, 4.69) is 15.4 Å². The van der Waals surface area contributed by atoms with Gasteiger partial charge in [0.05, 0.1) is 0 Å². The van der Waals surface area contributed by atoms with E-state index in [0.717, 1.165) is 16.8 Å². The minimum Gasteiger partial charge on any atom is -0.489 e. The van der Waals surface area contributed by atoms with E-state index in [-0.39, 0.29) is 11.8 Å². The average molecular weight is 429 g/mol. The molecule has 0 spiro atoms. The van der Waals surface area contributed by atoms with Crippen LogP contribution in [-0.4, -0.2) is 20.5 Å². The van der Waals surface area contributed by atoms with Crippen LogP contribution in [0.2, 0.25) is 10.0 Å². The van der Waals surface area contributed by atoms with Gasteiger partial charge in [-0.05, 0) is 43.7 Å². The highest BCUT2D eigenvalue weighted by Crippen LogP contribution is 2.35. The maximum absolute atomic E-state index is 12.3. The lowest BCUT2D eigenvalue weighted by Gasteiger charge is -2.28. The number of carbonyl (C=O) groups is 1. The van der Waals surface area contributed by atoms with Gasteiger partial charge in [-0.25, -0.2) is 4.68 Å². The first kappa shape index (κ1) is 19.5. The molecule has 29 heavy (non-hydrogen) atoms. The van der Waals surface area contributed by atoms with E-state index in [1.807, 2.05) is 37.3 Å². The number of aromatic nitrogens is 3. The number of ketones is 1. The maximum Gasteiger partial charge on any atom is 0.226 e. The molecule has 1 aromatic heterocycles. The predicted molar refractivity (Wildman–Crippen MR) is 112 cm³/mol. The monoisotopic (exact) mass is 428 g/mol. The molecule has 148 valence electrons. The third kappa shape index (κ3) is 3.86. The predicted octanol–water partition coefficient (Wildman–Crippen LogP) is 5.04. The molecular weight excluding hydrogens is 411 g/mol. The molecule has 4 rings (SSSR count). The van der Waals surface area contributed by atoms with Gasteiger partial charge < -0.3 is 10.1 Å². The Hall–Kier alpha value is -2.83. The summed E-state index contributed by atoms with van der Waals surface area (Å²) in [5, 5.41) is 8.58. The van der Waals surface area contributed by atoms with Crippen LogP contribution in [0, 0.1) is 0 Å². The van der Waals surface area contributed by atoms with E-state index in [1.165, 1.54) is 6.33 Å². The molecule has 0 bridgehead atoms. The zero-order valence-electron chi connectivity index (χ0n) is 15.8. The van der Waals surface area contributed by atoms with Crippen molar-refractivity contribution in [2.24, 2.45) is 0 Å². The van der Waals surface area contributed by atoms with E-state index >= 15 is 0 Å². The summed E-state index contributed by atoms with van der Waals surface area (Å²) in [6.45, 7) is 3.76. The van der Waals surface area contributed by atoms with Crippen molar-refractivity contribution < 1.29 is 9.53 Å². The molecule has 0 saturated carbocycles. The van der Waals surface area contributed by atoms with Gasteiger partial charge >= 0.3 is 0 Å². The number of nitrogens with one attached hydrogen (secondary N) is 1. The minimum absolute atomic E-state index is 0.0149. The van der Waals surface area contributed by atoms with E-state index in [1.54, 1.807) is 23.7 Å². The fourth-order valence-corrected chi connectivity index (χ4v) is 3.86. The summed E-state index contributed by atoms with van der Waals surface area (Å²) in [7, 11) is 0. The van der Waals surface area contributed by atoms with Crippen molar-refractivity contribution in [1.29, 1.82) is 0 Å². The van der Waals surface area contributed by atoms with Crippen LogP contribution < -0.4 is 10.1 Å². The average Bonchev–Trinajstić information content (AvgIpc) is 3.14. The molecule has 1 unspecified atom stereocenters. The first-order valence-corrected chi connectivity index (χ1v) is 9.74. The summed E-state index contributed by atoms with van der Waals surface area (Å²) in [6.07, 6.45) is 1.47. The number of halogens is 2. The second-order valence-corrected chi connectivity index (χ2v) is 7.59. The molecule has 8 heteroatoms. The highest BCUT2D eigenvalue weighted by molar-refractivity contribution is 6.35. The molecule has 2 aromatic carbocycles. The van der Waals surface area contributed by atoms with E-state index in [9.17, 15) is 4.79 Å². The van der Waals surface area contributed by atoms with Crippen LogP contribution in [0.3, 0.4) is 0 Å². The quantitative estimate of drug-likeness (QED) is 0.615. The first-order valence-electron chi connectivity index (χ1n) is 8.99. The zero-order chi connectivity index (χ0) is 20.5. The van der Waals surface area contributed by atoms with Gasteiger partial charge in [0.15, 0.2) is 5.78 Å². The Morgan fingerprint density at radius 3 is 2.66 bits per heavy atom. The summed E-state index contributed by atoms with van der Waals surface area (Å²) in [4.78, 5) is 16.5. The normalized spacial score (nSPS) is 15.7. The van der Waals surface area contributed by atoms with Crippen molar-refractivity contribution in [2.75, 3.05) is 5.32 Å². The van der Waals surface area contributed by atoms with Crippen molar-refractivity contribution >= 4 is 34.9 Å². The van der Waals surface area contributed by atoms with Crippen molar-refractivity contribution in [3.8, 4) is 5.75 Å². The molecule has 6 nitrogen and oxygen atoms in total. The second kappa shape index (κ2) is 7.89. The second-order valence-electron chi connectivity index (χ2n) is 6.74. The minimum atomic E-state index is -0.342. The molecule has 1 aliphatic rings. The molecule has 0 aliphatic carbocycles. The molecule has 0 radical (unpaired) electrons. The Kier molecular flexibility index (Phi) is 5.30. The van der Waals surface area contributed by atoms with Crippen LogP contribution >= 0.6 is 23.2 Å². The Labute approximate surface area is 178 Å². The van der Waals surface area contributed by atoms with Crippen LogP contribution in [0.5, 0.6) is 5.75 Å². The molecule has 2 heterocycles. The third-order valence-corrected chi connectivity index (χ3v) is 5.37. The molecule has 1 atom stereocenters. The highest BCUT2D eigenvalue weighted by atomic mass is 35.5. The standard InChI is InChI=1S/C21H18Cl2N4O2/c1-12-19(13(2)28)20(27-21(26-12)24-11-25-27)14-4-7-17(8-5-14)29-10-15-3-6-16(22)9-18(15)23/h3-9,11,20H,10H2,1-2H3,(H,24,25,26). The third-order valence-electron chi connectivity index (χ3n) is 4.78. The number of anilines is 1. The summed E-state index contributed by atoms with van der Waals surface area (Å²) < 4.78 is 7.57. The Morgan fingerprint density at radius 1 is 1.21 bits per heavy atom. The first-order chi connectivity index (χ1) is 13.9. The fraction of sp³-hybridized carbons (Fsp3) is 0.190. The molecule has 3 aromatic rings. The van der Waals surface area contributed by atoms with Gasteiger partial charge in [-0.3, -0.25) is 4.79 Å². The SMILES string of the molecule is CC(=O)C1=C(C)Nc2ncnn2C1c1ccc(OCc2ccc(Cl)cc2Cl)cc1. The number of allylic oxidation sites excluding steroid dienone is 2. The smallest absolute Gasteiger partial charge is 0.226 e. The summed E-state index contributed by atoms with van der Waals surface area (Å²) in [6, 6.07) is 12.6. The van der Waals surface area contributed by atoms with Crippen LogP contribution in [0.4, 0.5) is 5.95 Å². The van der Waals surface area contributed by atoms with Crippen molar-refractivity contribution in [3.05, 3.63) is 81.2 Å². The lowest BCUT2D eigenvalue weighted by molar-refractivity contribution is -0.114. The van der Waals surface area contributed by atoms with Crippen LogP contribution in [0.25, 0.3) is 0 Å². The topological polar surface area (TPSA) is 69.0 Å².